The first-order valence-corrected chi connectivity index (χ1v) is 7.55. The molecule has 0 aliphatic rings. The van der Waals surface area contributed by atoms with Crippen molar-refractivity contribution in [1.29, 1.82) is 0 Å². The fraction of sp³-hybridized carbons (Fsp3) is 0.733. The highest BCUT2D eigenvalue weighted by Gasteiger charge is 2.31. The number of nitrogens with zero attached hydrogens (tertiary/aromatic N) is 2. The van der Waals surface area contributed by atoms with Crippen molar-refractivity contribution in [2.75, 3.05) is 0 Å². The van der Waals surface area contributed by atoms with E-state index in [2.05, 4.69) is 15.7 Å². The molecule has 0 saturated heterocycles. The van der Waals surface area contributed by atoms with Crippen molar-refractivity contribution in [2.24, 2.45) is 0 Å². The smallest absolute Gasteiger partial charge is 0.333 e. The van der Waals surface area contributed by atoms with Crippen LogP contribution in [-0.2, 0) is 6.54 Å². The summed E-state index contributed by atoms with van der Waals surface area (Å²) < 4.78 is 38.6. The molecule has 0 spiro atoms. The van der Waals surface area contributed by atoms with Gasteiger partial charge in [-0.05, 0) is 41.0 Å². The molecule has 0 radical (unpaired) electrons. The third-order valence-electron chi connectivity index (χ3n) is 3.88. The molecule has 1 unspecified atom stereocenters. The zero-order valence-electron chi connectivity index (χ0n) is 14.4. The lowest BCUT2D eigenvalue weighted by molar-refractivity contribution is -0.143. The largest absolute Gasteiger partial charge is 0.408 e. The van der Waals surface area contributed by atoms with Gasteiger partial charge in [-0.15, -0.1) is 0 Å². The van der Waals surface area contributed by atoms with Crippen molar-refractivity contribution in [3.63, 3.8) is 0 Å². The predicted molar refractivity (Wildman–Crippen MR) is 82.2 cm³/mol. The molecule has 1 aromatic rings. The Bertz CT molecular complexity index is 564. The first-order chi connectivity index (χ1) is 10.4. The highest BCUT2D eigenvalue weighted by Crippen LogP contribution is 2.25. The van der Waals surface area contributed by atoms with Gasteiger partial charge in [-0.1, -0.05) is 6.92 Å². The Hall–Kier alpha value is -1.73. The summed E-state index contributed by atoms with van der Waals surface area (Å²) in [5.41, 5.74) is 1.14. The van der Waals surface area contributed by atoms with E-state index in [1.54, 1.807) is 20.8 Å². The fourth-order valence-electron chi connectivity index (χ4n) is 2.36. The summed E-state index contributed by atoms with van der Waals surface area (Å²) >= 11 is 0. The minimum atomic E-state index is -4.33. The van der Waals surface area contributed by atoms with Crippen LogP contribution in [0.1, 0.15) is 57.1 Å². The van der Waals surface area contributed by atoms with E-state index in [-0.39, 0.29) is 11.6 Å². The number of alkyl halides is 3. The molecule has 2 N–H and O–H groups in total. The lowest BCUT2D eigenvalue weighted by Gasteiger charge is -2.26. The van der Waals surface area contributed by atoms with Gasteiger partial charge in [-0.25, -0.2) is 4.79 Å². The van der Waals surface area contributed by atoms with E-state index < -0.39 is 18.8 Å². The molecule has 1 heterocycles. The van der Waals surface area contributed by atoms with Crippen LogP contribution in [0.2, 0.25) is 0 Å². The van der Waals surface area contributed by atoms with E-state index in [9.17, 15) is 18.0 Å². The molecule has 0 saturated carbocycles. The first kappa shape index (κ1) is 19.3. The van der Waals surface area contributed by atoms with Crippen molar-refractivity contribution >= 4 is 6.03 Å². The summed E-state index contributed by atoms with van der Waals surface area (Å²) in [6.45, 7) is 9.56. The average molecular weight is 334 g/mol. The van der Waals surface area contributed by atoms with Crippen LogP contribution in [0.5, 0.6) is 0 Å². The van der Waals surface area contributed by atoms with Gasteiger partial charge in [-0.2, -0.15) is 18.3 Å². The second-order valence-electron chi connectivity index (χ2n) is 6.41. The van der Waals surface area contributed by atoms with Crippen LogP contribution in [0.25, 0.3) is 0 Å². The summed E-state index contributed by atoms with van der Waals surface area (Å²) in [6.07, 6.45) is -3.57. The van der Waals surface area contributed by atoms with E-state index in [1.807, 2.05) is 20.8 Å². The summed E-state index contributed by atoms with van der Waals surface area (Å²) in [5.74, 6) is 0. The summed E-state index contributed by atoms with van der Waals surface area (Å²) in [5, 5.41) is 9.53. The van der Waals surface area contributed by atoms with Crippen LogP contribution in [0.15, 0.2) is 0 Å². The molecule has 132 valence electrons. The quantitative estimate of drug-likeness (QED) is 0.864. The monoisotopic (exact) mass is 334 g/mol. The Morgan fingerprint density at radius 2 is 1.87 bits per heavy atom. The van der Waals surface area contributed by atoms with Gasteiger partial charge >= 0.3 is 12.2 Å². The van der Waals surface area contributed by atoms with Gasteiger partial charge in [0.1, 0.15) is 6.54 Å². The average Bonchev–Trinajstić information content (AvgIpc) is 2.61. The molecule has 8 heteroatoms. The molecule has 0 aromatic carbocycles. The van der Waals surface area contributed by atoms with Crippen LogP contribution >= 0.6 is 0 Å². The topological polar surface area (TPSA) is 59.0 Å². The molecule has 0 fully saturated rings. The maximum Gasteiger partial charge on any atom is 0.408 e. The molecule has 1 aromatic heterocycles. The Morgan fingerprint density at radius 3 is 2.35 bits per heavy atom. The molecular formula is C15H25F3N4O. The minimum absolute atomic E-state index is 0.353. The van der Waals surface area contributed by atoms with Crippen LogP contribution in [-0.4, -0.2) is 27.5 Å². The molecule has 1 rings (SSSR count). The zero-order chi connectivity index (χ0) is 18.0. The Labute approximate surface area is 134 Å². The second-order valence-corrected chi connectivity index (χ2v) is 6.41. The number of rotatable bonds is 5. The fourth-order valence-corrected chi connectivity index (χ4v) is 2.36. The Kier molecular flexibility index (Phi) is 5.71. The lowest BCUT2D eigenvalue weighted by atomic mass is 10.0. The number of hydrogen-bond acceptors (Lipinski definition) is 2. The zero-order valence-corrected chi connectivity index (χ0v) is 14.4. The van der Waals surface area contributed by atoms with Gasteiger partial charge in [0.25, 0.3) is 0 Å². The van der Waals surface area contributed by atoms with Gasteiger partial charge in [0, 0.05) is 16.8 Å². The van der Waals surface area contributed by atoms with E-state index in [0.717, 1.165) is 11.1 Å². The number of hydrogen-bond donors (Lipinski definition) is 2. The molecule has 23 heavy (non-hydrogen) atoms. The van der Waals surface area contributed by atoms with Gasteiger partial charge < -0.3 is 10.6 Å². The SMILES string of the molecule is CCC(C)(C)NC(=O)NC(C)c1c(C)nn(CC(F)(F)F)c1C. The normalized spacial score (nSPS) is 13.8. The van der Waals surface area contributed by atoms with Gasteiger partial charge in [0.15, 0.2) is 0 Å². The van der Waals surface area contributed by atoms with Crippen molar-refractivity contribution < 1.29 is 18.0 Å². The van der Waals surface area contributed by atoms with Crippen molar-refractivity contribution in [2.45, 2.75) is 72.3 Å². The highest BCUT2D eigenvalue weighted by molar-refractivity contribution is 5.75. The number of aromatic nitrogens is 2. The van der Waals surface area contributed by atoms with Crippen LogP contribution in [0.4, 0.5) is 18.0 Å². The molecular weight excluding hydrogens is 309 g/mol. The maximum atomic E-state index is 12.6. The Balaban J connectivity index is 2.88. The number of nitrogens with one attached hydrogen (secondary N) is 2. The number of carbonyl (C=O) groups is 1. The minimum Gasteiger partial charge on any atom is -0.333 e. The van der Waals surface area contributed by atoms with Gasteiger partial charge in [0.05, 0.1) is 11.7 Å². The predicted octanol–water partition coefficient (Wildman–Crippen LogP) is 3.61. The summed E-state index contributed by atoms with van der Waals surface area (Å²) in [4.78, 5) is 12.0. The number of urea groups is 1. The van der Waals surface area contributed by atoms with E-state index in [4.69, 9.17) is 0 Å². The van der Waals surface area contributed by atoms with Crippen molar-refractivity contribution in [3.05, 3.63) is 17.0 Å². The third kappa shape index (κ3) is 5.44. The second kappa shape index (κ2) is 6.80. The lowest BCUT2D eigenvalue weighted by Crippen LogP contribution is -2.48. The molecule has 5 nitrogen and oxygen atoms in total. The summed E-state index contributed by atoms with van der Waals surface area (Å²) in [6, 6.07) is -0.795. The Morgan fingerprint density at radius 1 is 1.30 bits per heavy atom. The first-order valence-electron chi connectivity index (χ1n) is 7.55. The van der Waals surface area contributed by atoms with E-state index in [0.29, 0.717) is 17.0 Å². The third-order valence-corrected chi connectivity index (χ3v) is 3.88. The standard InChI is InChI=1S/C15H25F3N4O/c1-7-14(5,6)20-13(23)19-9(2)12-10(3)21-22(11(12)4)8-15(16,17)18/h9H,7-8H2,1-6H3,(H2,19,20,23). The van der Waals surface area contributed by atoms with Crippen LogP contribution < -0.4 is 10.6 Å². The van der Waals surface area contributed by atoms with Crippen LogP contribution in [0, 0.1) is 13.8 Å². The van der Waals surface area contributed by atoms with E-state index >= 15 is 0 Å². The number of amides is 2. The van der Waals surface area contributed by atoms with Crippen molar-refractivity contribution in [3.8, 4) is 0 Å². The van der Waals surface area contributed by atoms with E-state index in [1.165, 1.54) is 0 Å². The number of halogens is 3. The molecule has 0 aliphatic carbocycles. The highest BCUT2D eigenvalue weighted by atomic mass is 19.4. The van der Waals surface area contributed by atoms with Gasteiger partial charge in [0.2, 0.25) is 0 Å². The summed E-state index contributed by atoms with van der Waals surface area (Å²) in [7, 11) is 0. The maximum absolute atomic E-state index is 12.6. The van der Waals surface area contributed by atoms with Crippen LogP contribution in [0.3, 0.4) is 0 Å². The van der Waals surface area contributed by atoms with Gasteiger partial charge in [-0.3, -0.25) is 4.68 Å². The molecule has 1 atom stereocenters. The molecule has 0 bridgehead atoms. The molecule has 0 aliphatic heterocycles. The van der Waals surface area contributed by atoms with Crippen molar-refractivity contribution in [1.82, 2.24) is 20.4 Å². The number of carbonyl (C=O) groups excluding carboxylic acids is 1. The number of aryl methyl sites for hydroxylation is 1. The molecule has 2 amide bonds.